The van der Waals surface area contributed by atoms with Crippen LogP contribution in [-0.2, 0) is 11.3 Å². The van der Waals surface area contributed by atoms with Crippen LogP contribution >= 0.6 is 11.6 Å². The molecule has 6 heteroatoms. The van der Waals surface area contributed by atoms with E-state index in [1.54, 1.807) is 7.11 Å². The number of benzene rings is 1. The molecule has 24 heavy (non-hydrogen) atoms. The van der Waals surface area contributed by atoms with Crippen molar-refractivity contribution >= 4 is 17.5 Å². The van der Waals surface area contributed by atoms with Crippen LogP contribution in [0.1, 0.15) is 31.7 Å². The van der Waals surface area contributed by atoms with Gasteiger partial charge < -0.3 is 14.8 Å². The summed E-state index contributed by atoms with van der Waals surface area (Å²) in [6, 6.07) is 3.76. The average molecular weight is 353 g/mol. The molecule has 0 unspecified atom stereocenters. The molecule has 3 rings (SSSR count). The minimum absolute atomic E-state index is 0.208. The van der Waals surface area contributed by atoms with Gasteiger partial charge in [-0.25, -0.2) is 0 Å². The van der Waals surface area contributed by atoms with Gasteiger partial charge >= 0.3 is 0 Å². The highest BCUT2D eigenvalue weighted by molar-refractivity contribution is 6.31. The van der Waals surface area contributed by atoms with E-state index in [1.807, 2.05) is 19.1 Å². The van der Waals surface area contributed by atoms with Gasteiger partial charge in [0.15, 0.2) is 11.5 Å². The molecule has 2 saturated heterocycles. The molecule has 2 fully saturated rings. The summed E-state index contributed by atoms with van der Waals surface area (Å²) in [4.78, 5) is 14.6. The Morgan fingerprint density at radius 3 is 2.88 bits per heavy atom. The molecule has 1 aromatic carbocycles. The molecule has 0 radical (unpaired) electrons. The summed E-state index contributed by atoms with van der Waals surface area (Å²) in [6.45, 7) is 5.74. The van der Waals surface area contributed by atoms with E-state index >= 15 is 0 Å². The van der Waals surface area contributed by atoms with Crippen LogP contribution in [-0.4, -0.2) is 44.2 Å². The lowest BCUT2D eigenvalue weighted by atomic mass is 9.79. The molecule has 0 bridgehead atoms. The normalized spacial score (nSPS) is 24.2. The lowest BCUT2D eigenvalue weighted by Gasteiger charge is -2.32. The Labute approximate surface area is 148 Å². The zero-order valence-electron chi connectivity index (χ0n) is 14.4. The number of nitrogens with one attached hydrogen (secondary N) is 1. The van der Waals surface area contributed by atoms with Crippen LogP contribution < -0.4 is 14.8 Å². The van der Waals surface area contributed by atoms with E-state index in [0.717, 1.165) is 51.0 Å². The first-order valence-electron chi connectivity index (χ1n) is 8.58. The first-order valence-corrected chi connectivity index (χ1v) is 8.95. The summed E-state index contributed by atoms with van der Waals surface area (Å²) >= 11 is 6.44. The number of amides is 1. The van der Waals surface area contributed by atoms with Crippen LogP contribution in [0.5, 0.6) is 11.5 Å². The molecule has 2 heterocycles. The molecule has 1 N–H and O–H groups in total. The predicted molar refractivity (Wildman–Crippen MR) is 93.7 cm³/mol. The number of ether oxygens (including phenoxy) is 2. The van der Waals surface area contributed by atoms with E-state index in [-0.39, 0.29) is 11.3 Å². The predicted octanol–water partition coefficient (Wildman–Crippen LogP) is 2.85. The zero-order valence-corrected chi connectivity index (χ0v) is 15.1. The van der Waals surface area contributed by atoms with E-state index in [9.17, 15) is 4.79 Å². The highest BCUT2D eigenvalue weighted by Crippen LogP contribution is 2.39. The highest BCUT2D eigenvalue weighted by atomic mass is 35.5. The van der Waals surface area contributed by atoms with Gasteiger partial charge in [-0.15, -0.1) is 0 Å². The second-order valence-corrected chi connectivity index (χ2v) is 7.04. The molecule has 0 aromatic heterocycles. The van der Waals surface area contributed by atoms with Gasteiger partial charge in [0.1, 0.15) is 0 Å². The molecular formula is C18H25ClN2O3. The molecule has 2 aliphatic rings. The fourth-order valence-corrected chi connectivity index (χ4v) is 3.99. The second-order valence-electron chi connectivity index (χ2n) is 6.63. The van der Waals surface area contributed by atoms with Gasteiger partial charge in [-0.3, -0.25) is 9.69 Å². The third-order valence-electron chi connectivity index (χ3n) is 5.06. The first-order chi connectivity index (χ1) is 11.6. The van der Waals surface area contributed by atoms with Gasteiger partial charge in [-0.05, 0) is 44.4 Å². The number of methoxy groups -OCH3 is 1. The summed E-state index contributed by atoms with van der Waals surface area (Å²) in [6.07, 6.45) is 2.97. The summed E-state index contributed by atoms with van der Waals surface area (Å²) in [5, 5.41) is 3.70. The number of likely N-dealkylation sites (tertiary alicyclic amines) is 1. The van der Waals surface area contributed by atoms with E-state index in [1.165, 1.54) is 0 Å². The fourth-order valence-electron chi connectivity index (χ4n) is 3.78. The van der Waals surface area contributed by atoms with Crippen molar-refractivity contribution in [3.05, 3.63) is 22.7 Å². The van der Waals surface area contributed by atoms with Crippen molar-refractivity contribution < 1.29 is 14.3 Å². The number of hydrogen-bond acceptors (Lipinski definition) is 4. The van der Waals surface area contributed by atoms with Crippen LogP contribution in [0, 0.1) is 5.41 Å². The summed E-state index contributed by atoms with van der Waals surface area (Å²) in [5.74, 6) is 1.57. The molecule has 1 spiro atoms. The number of rotatable bonds is 5. The van der Waals surface area contributed by atoms with Crippen molar-refractivity contribution in [3.63, 3.8) is 0 Å². The molecule has 1 aromatic rings. The average Bonchev–Trinajstić information content (AvgIpc) is 2.97. The molecule has 2 aliphatic heterocycles. The maximum absolute atomic E-state index is 12.3. The molecule has 0 saturated carbocycles. The number of piperidine rings is 1. The van der Waals surface area contributed by atoms with Crippen LogP contribution in [0.4, 0.5) is 0 Å². The summed E-state index contributed by atoms with van der Waals surface area (Å²) in [5.41, 5.74) is 0.797. The fraction of sp³-hybridized carbons (Fsp3) is 0.611. The lowest BCUT2D eigenvalue weighted by molar-refractivity contribution is -0.132. The summed E-state index contributed by atoms with van der Waals surface area (Å²) < 4.78 is 11.0. The number of nitrogens with zero attached hydrogens (tertiary/aromatic N) is 1. The SMILES string of the molecule is CCOc1cc(Cl)c(CN2CC[C@]3(CCCNC3=O)C2)cc1OC. The lowest BCUT2D eigenvalue weighted by Crippen LogP contribution is -2.47. The first kappa shape index (κ1) is 17.4. The largest absolute Gasteiger partial charge is 0.493 e. The van der Waals surface area contributed by atoms with Crippen LogP contribution in [0.2, 0.25) is 5.02 Å². The Morgan fingerprint density at radius 1 is 1.33 bits per heavy atom. The monoisotopic (exact) mass is 352 g/mol. The maximum Gasteiger partial charge on any atom is 0.227 e. The van der Waals surface area contributed by atoms with Gasteiger partial charge in [0.25, 0.3) is 0 Å². The van der Waals surface area contributed by atoms with E-state index in [4.69, 9.17) is 21.1 Å². The topological polar surface area (TPSA) is 50.8 Å². The minimum Gasteiger partial charge on any atom is -0.493 e. The van der Waals surface area contributed by atoms with Gasteiger partial charge in [0, 0.05) is 30.7 Å². The Balaban J connectivity index is 1.73. The van der Waals surface area contributed by atoms with Crippen LogP contribution in [0.3, 0.4) is 0 Å². The number of halogens is 1. The van der Waals surface area contributed by atoms with Gasteiger partial charge in [-0.2, -0.15) is 0 Å². The molecule has 1 atom stereocenters. The third-order valence-corrected chi connectivity index (χ3v) is 5.41. The molecule has 5 nitrogen and oxygen atoms in total. The van der Waals surface area contributed by atoms with Gasteiger partial charge in [0.05, 0.1) is 19.1 Å². The van der Waals surface area contributed by atoms with Crippen molar-refractivity contribution in [1.29, 1.82) is 0 Å². The number of hydrogen-bond donors (Lipinski definition) is 1. The highest BCUT2D eigenvalue weighted by Gasteiger charge is 2.45. The van der Waals surface area contributed by atoms with E-state index < -0.39 is 0 Å². The molecule has 132 valence electrons. The van der Waals surface area contributed by atoms with Crippen molar-refractivity contribution in [2.24, 2.45) is 5.41 Å². The van der Waals surface area contributed by atoms with Crippen molar-refractivity contribution in [2.45, 2.75) is 32.7 Å². The second kappa shape index (κ2) is 7.19. The summed E-state index contributed by atoms with van der Waals surface area (Å²) in [7, 11) is 1.63. The van der Waals surface area contributed by atoms with Crippen molar-refractivity contribution in [2.75, 3.05) is 33.4 Å². The van der Waals surface area contributed by atoms with Gasteiger partial charge in [0.2, 0.25) is 5.91 Å². The Morgan fingerprint density at radius 2 is 2.17 bits per heavy atom. The molecular weight excluding hydrogens is 328 g/mol. The van der Waals surface area contributed by atoms with Crippen molar-refractivity contribution in [3.8, 4) is 11.5 Å². The van der Waals surface area contributed by atoms with Crippen LogP contribution in [0.25, 0.3) is 0 Å². The molecule has 0 aliphatic carbocycles. The Kier molecular flexibility index (Phi) is 5.21. The smallest absolute Gasteiger partial charge is 0.227 e. The third kappa shape index (κ3) is 3.33. The standard InChI is InChI=1S/C18H25ClN2O3/c1-3-24-16-10-14(19)13(9-15(16)23-2)11-21-8-6-18(12-21)5-4-7-20-17(18)22/h9-10H,3-8,11-12H2,1-2H3,(H,20,22)/t18-/m1/s1. The maximum atomic E-state index is 12.3. The Bertz CT molecular complexity index is 623. The number of carbonyl (C=O) groups is 1. The van der Waals surface area contributed by atoms with Crippen molar-refractivity contribution in [1.82, 2.24) is 10.2 Å². The van der Waals surface area contributed by atoms with Crippen LogP contribution in [0.15, 0.2) is 12.1 Å². The zero-order chi connectivity index (χ0) is 17.2. The minimum atomic E-state index is -0.208. The number of carbonyl (C=O) groups excluding carboxylic acids is 1. The van der Waals surface area contributed by atoms with E-state index in [0.29, 0.717) is 23.1 Å². The Hall–Kier alpha value is -1.46. The van der Waals surface area contributed by atoms with E-state index in [2.05, 4.69) is 10.2 Å². The van der Waals surface area contributed by atoms with Gasteiger partial charge in [-0.1, -0.05) is 11.6 Å². The molecule has 1 amide bonds. The quantitative estimate of drug-likeness (QED) is 0.885.